The second-order valence-corrected chi connectivity index (χ2v) is 21.6. The van der Waals surface area contributed by atoms with Gasteiger partial charge >= 0.3 is 11.9 Å². The summed E-state index contributed by atoms with van der Waals surface area (Å²) < 4.78 is 23.3. The van der Waals surface area contributed by atoms with E-state index < -0.39 is 101 Å². The van der Waals surface area contributed by atoms with Crippen molar-refractivity contribution in [1.82, 2.24) is 50.6 Å². The van der Waals surface area contributed by atoms with Gasteiger partial charge in [0, 0.05) is 83.5 Å². The highest BCUT2D eigenvalue weighted by Gasteiger charge is 2.41. The molecular weight excluding hydrogens is 1080 g/mol. The van der Waals surface area contributed by atoms with Gasteiger partial charge < -0.3 is 51.2 Å². The van der Waals surface area contributed by atoms with Crippen molar-refractivity contribution in [2.24, 2.45) is 17.6 Å². The number of unbranched alkanes of at least 4 members (excludes halogenated alkanes) is 2. The molecule has 7 atom stereocenters. The zero-order valence-electron chi connectivity index (χ0n) is 48.3. The molecule has 450 valence electrons. The number of hydrogen-bond acceptors (Lipinski definition) is 13. The fraction of sp³-hybridized carbons (Fsp3) is 0.468. The Balaban J connectivity index is 1.27. The summed E-state index contributed by atoms with van der Waals surface area (Å²) in [6.07, 6.45) is 13.1. The number of aromatic nitrogens is 4. The van der Waals surface area contributed by atoms with Crippen LogP contribution in [-0.2, 0) is 75.3 Å². The number of likely N-dealkylation sites (N-methyl/N-ethyl adjacent to an activating group) is 2. The lowest BCUT2D eigenvalue weighted by Crippen LogP contribution is -2.60. The Morgan fingerprint density at radius 1 is 0.631 bits per heavy atom. The Hall–Kier alpha value is -8.40. The zero-order chi connectivity index (χ0) is 60.5. The number of hydrogen-bond donors (Lipinski definition) is 6. The number of nitrogens with one attached hydrogen (secondary N) is 4. The second kappa shape index (κ2) is 33.0. The van der Waals surface area contributed by atoms with Crippen LogP contribution in [0.1, 0.15) is 100 Å². The molecule has 0 aliphatic heterocycles. The van der Waals surface area contributed by atoms with Crippen molar-refractivity contribution < 1.29 is 52.6 Å². The van der Waals surface area contributed by atoms with E-state index >= 15 is 4.39 Å². The number of aliphatic carboxylic acids is 1. The molecule has 1 saturated carbocycles. The van der Waals surface area contributed by atoms with Crippen LogP contribution in [0.2, 0.25) is 0 Å². The van der Waals surface area contributed by atoms with E-state index in [4.69, 9.17) is 10.5 Å². The van der Waals surface area contributed by atoms with E-state index in [2.05, 4.69) is 36.2 Å². The molecule has 7 unspecified atom stereocenters. The molecule has 7 N–H and O–H groups in total. The molecule has 22 heteroatoms. The summed E-state index contributed by atoms with van der Waals surface area (Å²) in [7, 11) is 2.79. The van der Waals surface area contributed by atoms with E-state index in [1.54, 1.807) is 67.4 Å². The van der Waals surface area contributed by atoms with Crippen molar-refractivity contribution >= 4 is 47.4 Å². The lowest BCUT2D eigenvalue weighted by atomic mass is 9.75. The first-order chi connectivity index (χ1) is 40.5. The van der Waals surface area contributed by atoms with Crippen LogP contribution < -0.4 is 27.0 Å². The first-order valence-electron chi connectivity index (χ1n) is 28.9. The topological polar surface area (TPSA) is 290 Å². The first-order valence-corrected chi connectivity index (χ1v) is 28.9. The quantitative estimate of drug-likeness (QED) is 0.0309. The molecule has 0 bridgehead atoms. The number of rotatable bonds is 34. The number of esters is 1. The van der Waals surface area contributed by atoms with Crippen LogP contribution in [-0.4, -0.2) is 145 Å². The molecule has 6 amide bonds. The molecule has 1 aliphatic carbocycles. The van der Waals surface area contributed by atoms with Gasteiger partial charge in [-0.25, -0.2) is 14.2 Å². The summed E-state index contributed by atoms with van der Waals surface area (Å²) in [5, 5.41) is 21.5. The maximum Gasteiger partial charge on any atom is 0.326 e. The lowest BCUT2D eigenvalue weighted by Gasteiger charge is -2.35. The first kappa shape index (κ1) is 64.8. The molecule has 0 spiro atoms. The molecular formula is C62H80FN11O10. The molecule has 3 heterocycles. The number of pyridine rings is 2. The number of carboxylic acids is 1. The van der Waals surface area contributed by atoms with E-state index in [1.807, 2.05) is 36.6 Å². The van der Waals surface area contributed by atoms with Gasteiger partial charge in [-0.15, -0.1) is 0 Å². The minimum absolute atomic E-state index is 0.0256. The van der Waals surface area contributed by atoms with Crippen molar-refractivity contribution in [2.45, 2.75) is 153 Å². The third-order valence-corrected chi connectivity index (χ3v) is 15.3. The van der Waals surface area contributed by atoms with Gasteiger partial charge in [0.25, 0.3) is 5.91 Å². The van der Waals surface area contributed by atoms with E-state index in [-0.39, 0.29) is 56.4 Å². The second-order valence-electron chi connectivity index (χ2n) is 21.6. The summed E-state index contributed by atoms with van der Waals surface area (Å²) in [5.41, 5.74) is 7.74. The molecule has 1 aliphatic rings. The Kier molecular flexibility index (Phi) is 25.5. The molecule has 0 saturated heterocycles. The van der Waals surface area contributed by atoms with E-state index in [0.29, 0.717) is 69.2 Å². The SMILES string of the molecule is CCCCC(NC(=O)C(Cc1cccnc1)NC(=O)C(CCCn1ccnc1)N(C)C(=O)C(Cc1ccccc1)OC(=O)C1CC(CN)C1)C(=O)NC(Cc1ccccc1F)C(=O)NC(CCCC)C(=O)N(C)C(Cc1cccnc1)C(=O)O. The van der Waals surface area contributed by atoms with Crippen LogP contribution in [0.3, 0.4) is 0 Å². The van der Waals surface area contributed by atoms with Gasteiger partial charge in [0.15, 0.2) is 6.10 Å². The number of aryl methyl sites for hydroxylation is 1. The van der Waals surface area contributed by atoms with Crippen molar-refractivity contribution in [3.63, 3.8) is 0 Å². The van der Waals surface area contributed by atoms with Gasteiger partial charge in [-0.1, -0.05) is 100 Å². The molecule has 21 nitrogen and oxygen atoms in total. The molecule has 1 fully saturated rings. The average Bonchev–Trinajstić information content (AvgIpc) is 4.05. The molecule has 6 rings (SSSR count). The summed E-state index contributed by atoms with van der Waals surface area (Å²) in [6, 6.07) is 13.4. The molecule has 0 radical (unpaired) electrons. The van der Waals surface area contributed by atoms with Gasteiger partial charge in [0.1, 0.15) is 42.1 Å². The van der Waals surface area contributed by atoms with Gasteiger partial charge in [-0.3, -0.25) is 43.5 Å². The van der Waals surface area contributed by atoms with Crippen LogP contribution in [0.25, 0.3) is 0 Å². The van der Waals surface area contributed by atoms with Crippen molar-refractivity contribution in [3.05, 3.63) is 150 Å². The highest BCUT2D eigenvalue weighted by atomic mass is 19.1. The van der Waals surface area contributed by atoms with Crippen molar-refractivity contribution in [3.8, 4) is 0 Å². The van der Waals surface area contributed by atoms with Crippen LogP contribution >= 0.6 is 0 Å². The van der Waals surface area contributed by atoms with Gasteiger partial charge in [-0.05, 0) is 91.4 Å². The number of nitrogens with two attached hydrogens (primary N) is 1. The number of carbonyl (C=O) groups is 8. The number of ether oxygens (including phenoxy) is 1. The van der Waals surface area contributed by atoms with Crippen LogP contribution in [0.15, 0.2) is 122 Å². The highest BCUT2D eigenvalue weighted by molar-refractivity contribution is 5.97. The Labute approximate surface area is 490 Å². The number of nitrogens with zero attached hydrogens (tertiary/aromatic N) is 6. The van der Waals surface area contributed by atoms with E-state index in [1.165, 1.54) is 55.8 Å². The lowest BCUT2D eigenvalue weighted by molar-refractivity contribution is -0.167. The predicted octanol–water partition coefficient (Wildman–Crippen LogP) is 4.52. The van der Waals surface area contributed by atoms with E-state index in [9.17, 15) is 43.5 Å². The number of halogens is 1. The van der Waals surface area contributed by atoms with E-state index in [0.717, 1.165) is 10.5 Å². The van der Waals surface area contributed by atoms with Crippen molar-refractivity contribution in [2.75, 3.05) is 20.6 Å². The number of benzene rings is 2. The number of carboxylic acid groups (broad SMARTS) is 1. The molecule has 3 aromatic heterocycles. The fourth-order valence-corrected chi connectivity index (χ4v) is 10.1. The number of carbonyl (C=O) groups excluding carboxylic acids is 7. The fourth-order valence-electron chi connectivity index (χ4n) is 10.1. The largest absolute Gasteiger partial charge is 0.480 e. The Bertz CT molecular complexity index is 2920. The predicted molar refractivity (Wildman–Crippen MR) is 310 cm³/mol. The summed E-state index contributed by atoms with van der Waals surface area (Å²) in [4.78, 5) is 129. The Morgan fingerprint density at radius 2 is 1.19 bits per heavy atom. The summed E-state index contributed by atoms with van der Waals surface area (Å²) in [6.45, 7) is 4.62. The normalized spacial score (nSPS) is 16.2. The number of amides is 6. The zero-order valence-corrected chi connectivity index (χ0v) is 48.3. The van der Waals surface area contributed by atoms with Gasteiger partial charge in [0.2, 0.25) is 29.5 Å². The smallest absolute Gasteiger partial charge is 0.326 e. The van der Waals surface area contributed by atoms with Gasteiger partial charge in [0.05, 0.1) is 12.2 Å². The Morgan fingerprint density at radius 3 is 1.79 bits per heavy atom. The maximum atomic E-state index is 15.4. The molecule has 2 aromatic carbocycles. The minimum Gasteiger partial charge on any atom is -0.480 e. The standard InChI is InChI=1S/C62H80FN11O10/c1-5-7-23-48(55(75)70-51(36-45-21-12-13-22-47(45)63)57(77)69-49(24-8-6-2)59(79)73(4)53(61(81)82)34-43-20-15-27-66-39-43)68-56(76)50(33-42-19-14-26-65-38-42)71-58(78)52(25-16-29-74-30-28-67-40-74)72(3)60(80)54(35-41-17-10-9-11-18-41)84-62(83)46-31-44(32-46)37-64/h9-15,17-22,26-28,30,38-40,44,46,48-54H,5-8,16,23-25,29,31-37,64H2,1-4H3,(H,68,76)(H,69,77)(H,70,75)(H,71,78)(H,81,82). The van der Waals surface area contributed by atoms with Crippen LogP contribution in [0, 0.1) is 17.7 Å². The van der Waals surface area contributed by atoms with Crippen LogP contribution in [0.5, 0.6) is 0 Å². The highest BCUT2D eigenvalue weighted by Crippen LogP contribution is 2.34. The maximum absolute atomic E-state index is 15.4. The third kappa shape index (κ3) is 19.3. The third-order valence-electron chi connectivity index (χ3n) is 15.3. The number of imidazole rings is 1. The molecule has 5 aromatic rings. The van der Waals surface area contributed by atoms with Crippen LogP contribution in [0.4, 0.5) is 4.39 Å². The van der Waals surface area contributed by atoms with Crippen molar-refractivity contribution in [1.29, 1.82) is 0 Å². The average molecular weight is 1160 g/mol. The molecule has 84 heavy (non-hydrogen) atoms. The monoisotopic (exact) mass is 1160 g/mol. The van der Waals surface area contributed by atoms with Gasteiger partial charge in [-0.2, -0.15) is 0 Å². The minimum atomic E-state index is -1.52. The summed E-state index contributed by atoms with van der Waals surface area (Å²) >= 11 is 0. The summed E-state index contributed by atoms with van der Waals surface area (Å²) in [5.74, 6) is -7.25.